The molecule has 0 aromatic rings. The van der Waals surface area contributed by atoms with Gasteiger partial charge in [0.2, 0.25) is 0 Å². The van der Waals surface area contributed by atoms with Gasteiger partial charge in [-0.15, -0.1) is 0 Å². The van der Waals surface area contributed by atoms with Crippen LogP contribution in [0.15, 0.2) is 0 Å². The van der Waals surface area contributed by atoms with Gasteiger partial charge in [-0.2, -0.15) is 11.8 Å². The lowest BCUT2D eigenvalue weighted by atomic mass is 10.0. The molecular formula is C9H17NO2S. The molecule has 0 amide bonds. The Hall–Kier alpha value is 0.230. The van der Waals surface area contributed by atoms with E-state index >= 15 is 0 Å². The molecule has 0 bridgehead atoms. The fourth-order valence-corrected chi connectivity index (χ4v) is 2.95. The highest BCUT2D eigenvalue weighted by molar-refractivity contribution is 7.99. The summed E-state index contributed by atoms with van der Waals surface area (Å²) in [5.74, 6) is 2.45. The standard InChI is InChI=1S/C9H17NO2S/c11-9(2-3-12-7-9)6-10-8-1-4-13-5-8/h8,10-11H,1-7H2. The van der Waals surface area contributed by atoms with Crippen molar-refractivity contribution in [2.75, 3.05) is 31.3 Å². The van der Waals surface area contributed by atoms with Crippen LogP contribution < -0.4 is 5.32 Å². The fraction of sp³-hybridized carbons (Fsp3) is 1.00. The molecule has 2 unspecified atom stereocenters. The van der Waals surface area contributed by atoms with Crippen LogP contribution in [-0.2, 0) is 4.74 Å². The second-order valence-corrected chi connectivity index (χ2v) is 5.12. The highest BCUT2D eigenvalue weighted by Gasteiger charge is 2.32. The summed E-state index contributed by atoms with van der Waals surface area (Å²) in [4.78, 5) is 0. The summed E-state index contributed by atoms with van der Waals surface area (Å²) in [7, 11) is 0. The second-order valence-electron chi connectivity index (χ2n) is 3.97. The first-order valence-corrected chi connectivity index (χ1v) is 6.05. The molecule has 4 heteroatoms. The van der Waals surface area contributed by atoms with E-state index in [1.165, 1.54) is 17.9 Å². The molecule has 2 fully saturated rings. The Morgan fingerprint density at radius 1 is 1.62 bits per heavy atom. The number of nitrogens with one attached hydrogen (secondary N) is 1. The molecule has 2 rings (SSSR count). The zero-order valence-electron chi connectivity index (χ0n) is 7.79. The van der Waals surface area contributed by atoms with Crippen molar-refractivity contribution in [3.05, 3.63) is 0 Å². The van der Waals surface area contributed by atoms with E-state index in [0.29, 0.717) is 25.8 Å². The summed E-state index contributed by atoms with van der Waals surface area (Å²) >= 11 is 1.99. The molecule has 2 N–H and O–H groups in total. The zero-order chi connectivity index (χ0) is 9.15. The third-order valence-electron chi connectivity index (χ3n) is 2.73. The monoisotopic (exact) mass is 203 g/mol. The lowest BCUT2D eigenvalue weighted by molar-refractivity contribution is 0.0254. The normalized spacial score (nSPS) is 39.9. The van der Waals surface area contributed by atoms with Crippen molar-refractivity contribution in [1.82, 2.24) is 5.32 Å². The molecule has 0 saturated carbocycles. The van der Waals surface area contributed by atoms with E-state index in [2.05, 4.69) is 5.32 Å². The van der Waals surface area contributed by atoms with Gasteiger partial charge in [0, 0.05) is 31.4 Å². The number of thioether (sulfide) groups is 1. The predicted molar refractivity (Wildman–Crippen MR) is 54.1 cm³/mol. The Morgan fingerprint density at radius 2 is 2.54 bits per heavy atom. The van der Waals surface area contributed by atoms with E-state index < -0.39 is 5.60 Å². The Kier molecular flexibility index (Phi) is 3.14. The SMILES string of the molecule is OC1(CNC2CCSC2)CCOC1. The topological polar surface area (TPSA) is 41.5 Å². The maximum absolute atomic E-state index is 9.96. The minimum absolute atomic E-state index is 0.500. The Morgan fingerprint density at radius 3 is 3.15 bits per heavy atom. The van der Waals surface area contributed by atoms with Gasteiger partial charge in [-0.25, -0.2) is 0 Å². The van der Waals surface area contributed by atoms with Crippen LogP contribution in [0.3, 0.4) is 0 Å². The van der Waals surface area contributed by atoms with Crippen LogP contribution in [0, 0.1) is 0 Å². The minimum atomic E-state index is -0.590. The van der Waals surface area contributed by atoms with Crippen molar-refractivity contribution in [2.24, 2.45) is 0 Å². The lowest BCUT2D eigenvalue weighted by Crippen LogP contribution is -2.45. The first-order chi connectivity index (χ1) is 6.29. The third-order valence-corrected chi connectivity index (χ3v) is 3.89. The zero-order valence-corrected chi connectivity index (χ0v) is 8.61. The van der Waals surface area contributed by atoms with Crippen LogP contribution in [0.25, 0.3) is 0 Å². The number of hydrogen-bond acceptors (Lipinski definition) is 4. The summed E-state index contributed by atoms with van der Waals surface area (Å²) in [6.45, 7) is 1.90. The van der Waals surface area contributed by atoms with Crippen LogP contribution in [0.2, 0.25) is 0 Å². The van der Waals surface area contributed by atoms with E-state index in [-0.39, 0.29) is 0 Å². The lowest BCUT2D eigenvalue weighted by Gasteiger charge is -2.23. The summed E-state index contributed by atoms with van der Waals surface area (Å²) < 4.78 is 5.18. The predicted octanol–water partition coefficient (Wildman–Crippen LogP) is 0.233. The molecule has 0 aromatic heterocycles. The molecule has 13 heavy (non-hydrogen) atoms. The van der Waals surface area contributed by atoms with Gasteiger partial charge < -0.3 is 15.2 Å². The van der Waals surface area contributed by atoms with Gasteiger partial charge in [-0.1, -0.05) is 0 Å². The highest BCUT2D eigenvalue weighted by atomic mass is 32.2. The van der Waals surface area contributed by atoms with Crippen LogP contribution in [0.4, 0.5) is 0 Å². The van der Waals surface area contributed by atoms with Crippen LogP contribution in [-0.4, -0.2) is 48.0 Å². The molecule has 2 aliphatic heterocycles. The molecule has 2 aliphatic rings. The summed E-state index contributed by atoms with van der Waals surface area (Å²) in [6, 6.07) is 0.606. The summed E-state index contributed by atoms with van der Waals surface area (Å²) in [6.07, 6.45) is 2.02. The van der Waals surface area contributed by atoms with Crippen molar-refractivity contribution >= 4 is 11.8 Å². The molecule has 2 heterocycles. The maximum atomic E-state index is 9.96. The number of rotatable bonds is 3. The van der Waals surface area contributed by atoms with E-state index in [0.717, 1.165) is 6.42 Å². The minimum Gasteiger partial charge on any atom is -0.386 e. The van der Waals surface area contributed by atoms with E-state index in [9.17, 15) is 5.11 Å². The van der Waals surface area contributed by atoms with Gasteiger partial charge in [0.1, 0.15) is 5.60 Å². The molecule has 0 spiro atoms. The highest BCUT2D eigenvalue weighted by Crippen LogP contribution is 2.20. The average molecular weight is 203 g/mol. The van der Waals surface area contributed by atoms with Gasteiger partial charge in [0.05, 0.1) is 6.61 Å². The molecular weight excluding hydrogens is 186 g/mol. The fourth-order valence-electron chi connectivity index (χ4n) is 1.77. The van der Waals surface area contributed by atoms with Crippen LogP contribution in [0.1, 0.15) is 12.8 Å². The summed E-state index contributed by atoms with van der Waals surface area (Å²) in [5, 5.41) is 13.4. The Bertz CT molecular complexity index is 165. The molecule has 2 saturated heterocycles. The Labute approximate surface area is 83.2 Å². The molecule has 0 radical (unpaired) electrons. The molecule has 0 aliphatic carbocycles. The van der Waals surface area contributed by atoms with Gasteiger partial charge in [0.25, 0.3) is 0 Å². The van der Waals surface area contributed by atoms with Crippen LogP contribution in [0.5, 0.6) is 0 Å². The smallest absolute Gasteiger partial charge is 0.102 e. The number of ether oxygens (including phenoxy) is 1. The van der Waals surface area contributed by atoms with Crippen molar-refractivity contribution < 1.29 is 9.84 Å². The van der Waals surface area contributed by atoms with Crippen molar-refractivity contribution in [3.8, 4) is 0 Å². The first kappa shape index (κ1) is 9.77. The van der Waals surface area contributed by atoms with E-state index in [1.807, 2.05) is 11.8 Å². The largest absolute Gasteiger partial charge is 0.386 e. The summed E-state index contributed by atoms with van der Waals surface area (Å²) in [5.41, 5.74) is -0.590. The molecule has 2 atom stereocenters. The van der Waals surface area contributed by atoms with Gasteiger partial charge >= 0.3 is 0 Å². The van der Waals surface area contributed by atoms with E-state index in [4.69, 9.17) is 4.74 Å². The Balaban J connectivity index is 1.71. The van der Waals surface area contributed by atoms with Gasteiger partial charge in [-0.3, -0.25) is 0 Å². The van der Waals surface area contributed by atoms with Crippen molar-refractivity contribution in [1.29, 1.82) is 0 Å². The average Bonchev–Trinajstić information content (AvgIpc) is 2.72. The van der Waals surface area contributed by atoms with Crippen molar-refractivity contribution in [2.45, 2.75) is 24.5 Å². The quantitative estimate of drug-likeness (QED) is 0.689. The molecule has 76 valence electrons. The molecule has 0 aromatic carbocycles. The van der Waals surface area contributed by atoms with Gasteiger partial charge in [-0.05, 0) is 12.2 Å². The first-order valence-electron chi connectivity index (χ1n) is 4.90. The van der Waals surface area contributed by atoms with E-state index in [1.54, 1.807) is 0 Å². The second kappa shape index (κ2) is 4.17. The van der Waals surface area contributed by atoms with Crippen LogP contribution >= 0.6 is 11.8 Å². The number of hydrogen-bond donors (Lipinski definition) is 2. The maximum Gasteiger partial charge on any atom is 0.102 e. The third kappa shape index (κ3) is 2.59. The van der Waals surface area contributed by atoms with Gasteiger partial charge in [0.15, 0.2) is 0 Å². The number of aliphatic hydroxyl groups is 1. The van der Waals surface area contributed by atoms with Crippen molar-refractivity contribution in [3.63, 3.8) is 0 Å². The molecule has 3 nitrogen and oxygen atoms in total.